The molecule has 5 rings (SSSR count). The SMILES string of the molecule is Fc1ccc(CNc2ccc3ncc(-c4ccc5[nH]ccc5c4)n3n2)cc1. The number of nitrogens with one attached hydrogen (secondary N) is 2. The predicted octanol–water partition coefficient (Wildman–Crippen LogP) is 4.63. The molecule has 27 heavy (non-hydrogen) atoms. The van der Waals surface area contributed by atoms with Crippen molar-refractivity contribution >= 4 is 22.4 Å². The highest BCUT2D eigenvalue weighted by Gasteiger charge is 2.09. The van der Waals surface area contributed by atoms with Gasteiger partial charge in [-0.25, -0.2) is 13.9 Å². The summed E-state index contributed by atoms with van der Waals surface area (Å²) >= 11 is 0. The van der Waals surface area contributed by atoms with E-state index in [9.17, 15) is 4.39 Å². The maximum atomic E-state index is 13.0. The third-order valence-corrected chi connectivity index (χ3v) is 4.60. The summed E-state index contributed by atoms with van der Waals surface area (Å²) in [4.78, 5) is 7.66. The Balaban J connectivity index is 1.47. The van der Waals surface area contributed by atoms with Gasteiger partial charge in [-0.2, -0.15) is 0 Å². The van der Waals surface area contributed by atoms with Gasteiger partial charge in [0, 0.05) is 29.2 Å². The van der Waals surface area contributed by atoms with Gasteiger partial charge in [-0.1, -0.05) is 18.2 Å². The fourth-order valence-corrected chi connectivity index (χ4v) is 3.17. The molecule has 6 heteroatoms. The van der Waals surface area contributed by atoms with Crippen molar-refractivity contribution in [3.63, 3.8) is 0 Å². The Morgan fingerprint density at radius 2 is 1.89 bits per heavy atom. The number of hydrogen-bond acceptors (Lipinski definition) is 3. The summed E-state index contributed by atoms with van der Waals surface area (Å²) in [6.45, 7) is 0.568. The van der Waals surface area contributed by atoms with Gasteiger partial charge in [0.2, 0.25) is 0 Å². The van der Waals surface area contributed by atoms with E-state index < -0.39 is 0 Å². The summed E-state index contributed by atoms with van der Waals surface area (Å²) in [7, 11) is 0. The zero-order valence-corrected chi connectivity index (χ0v) is 14.4. The highest BCUT2D eigenvalue weighted by molar-refractivity contribution is 5.84. The molecule has 0 atom stereocenters. The third kappa shape index (κ3) is 2.91. The van der Waals surface area contributed by atoms with Crippen LogP contribution in [0.2, 0.25) is 0 Å². The minimum Gasteiger partial charge on any atom is -0.365 e. The Hall–Kier alpha value is -3.67. The smallest absolute Gasteiger partial charge is 0.154 e. The number of fused-ring (bicyclic) bond motifs is 2. The summed E-state index contributed by atoms with van der Waals surface area (Å²) in [5.41, 5.74) is 4.85. The van der Waals surface area contributed by atoms with Crippen molar-refractivity contribution < 1.29 is 4.39 Å². The average Bonchev–Trinajstić information content (AvgIpc) is 3.33. The normalized spacial score (nSPS) is 11.3. The van der Waals surface area contributed by atoms with E-state index in [0.29, 0.717) is 6.54 Å². The average molecular weight is 357 g/mol. The Labute approximate surface area is 154 Å². The van der Waals surface area contributed by atoms with Crippen molar-refractivity contribution in [2.24, 2.45) is 0 Å². The molecule has 0 aliphatic carbocycles. The summed E-state index contributed by atoms with van der Waals surface area (Å²) in [6, 6.07) is 18.5. The quantitative estimate of drug-likeness (QED) is 0.493. The number of anilines is 1. The fourth-order valence-electron chi connectivity index (χ4n) is 3.17. The minimum atomic E-state index is -0.235. The van der Waals surface area contributed by atoms with Crippen LogP contribution in [0.1, 0.15) is 5.56 Å². The second kappa shape index (κ2) is 6.25. The van der Waals surface area contributed by atoms with Crippen LogP contribution in [0.15, 0.2) is 73.1 Å². The molecule has 0 spiro atoms. The maximum Gasteiger partial charge on any atom is 0.154 e. The van der Waals surface area contributed by atoms with Gasteiger partial charge in [0.1, 0.15) is 11.6 Å². The number of hydrogen-bond donors (Lipinski definition) is 2. The predicted molar refractivity (Wildman–Crippen MR) is 104 cm³/mol. The molecule has 5 aromatic rings. The van der Waals surface area contributed by atoms with Crippen molar-refractivity contribution in [3.05, 3.63) is 84.4 Å². The first kappa shape index (κ1) is 15.6. The Morgan fingerprint density at radius 1 is 1.00 bits per heavy atom. The number of nitrogens with zero attached hydrogens (tertiary/aromatic N) is 3. The lowest BCUT2D eigenvalue weighted by molar-refractivity contribution is 0.627. The van der Waals surface area contributed by atoms with Crippen LogP contribution in [-0.2, 0) is 6.54 Å². The van der Waals surface area contributed by atoms with Crippen molar-refractivity contribution in [3.8, 4) is 11.3 Å². The lowest BCUT2D eigenvalue weighted by Gasteiger charge is -2.07. The van der Waals surface area contributed by atoms with Gasteiger partial charge in [0.25, 0.3) is 0 Å². The lowest BCUT2D eigenvalue weighted by atomic mass is 10.1. The molecular formula is C21H16FN5. The van der Waals surface area contributed by atoms with Gasteiger partial charge in [-0.05, 0) is 48.0 Å². The number of halogens is 1. The second-order valence-corrected chi connectivity index (χ2v) is 6.39. The van der Waals surface area contributed by atoms with E-state index in [1.807, 2.05) is 35.1 Å². The van der Waals surface area contributed by atoms with E-state index in [2.05, 4.69) is 38.6 Å². The number of imidazole rings is 1. The molecule has 0 saturated carbocycles. The van der Waals surface area contributed by atoms with Gasteiger partial charge in [0.15, 0.2) is 5.65 Å². The van der Waals surface area contributed by atoms with Gasteiger partial charge >= 0.3 is 0 Å². The van der Waals surface area contributed by atoms with E-state index in [1.165, 1.54) is 12.1 Å². The molecule has 5 nitrogen and oxygen atoms in total. The number of rotatable bonds is 4. The number of aromatic amines is 1. The first-order chi connectivity index (χ1) is 13.3. The highest BCUT2D eigenvalue weighted by atomic mass is 19.1. The van der Waals surface area contributed by atoms with E-state index in [4.69, 9.17) is 0 Å². The van der Waals surface area contributed by atoms with Gasteiger partial charge in [-0.3, -0.25) is 0 Å². The Morgan fingerprint density at radius 3 is 2.78 bits per heavy atom. The standard InChI is InChI=1S/C21H16FN5/c22-17-4-1-14(2-5-17)12-24-20-7-8-21-25-13-19(27(21)26-20)16-3-6-18-15(11-16)9-10-23-18/h1-11,13,23H,12H2,(H,24,26). The molecule has 2 aromatic carbocycles. The zero-order valence-electron chi connectivity index (χ0n) is 14.4. The van der Waals surface area contributed by atoms with Crippen LogP contribution in [0.5, 0.6) is 0 Å². The van der Waals surface area contributed by atoms with Crippen molar-refractivity contribution in [2.45, 2.75) is 6.54 Å². The van der Waals surface area contributed by atoms with Crippen LogP contribution in [0, 0.1) is 5.82 Å². The van der Waals surface area contributed by atoms with Gasteiger partial charge in [0.05, 0.1) is 11.9 Å². The summed E-state index contributed by atoms with van der Waals surface area (Å²) in [5.74, 6) is 0.495. The molecule has 0 amide bonds. The minimum absolute atomic E-state index is 0.235. The summed E-state index contributed by atoms with van der Waals surface area (Å²) in [6.07, 6.45) is 3.76. The molecule has 0 bridgehead atoms. The lowest BCUT2D eigenvalue weighted by Crippen LogP contribution is -2.04. The van der Waals surface area contributed by atoms with Crippen molar-refractivity contribution in [2.75, 3.05) is 5.32 Å². The van der Waals surface area contributed by atoms with Crippen molar-refractivity contribution in [1.29, 1.82) is 0 Å². The van der Waals surface area contributed by atoms with Crippen LogP contribution >= 0.6 is 0 Å². The monoisotopic (exact) mass is 357 g/mol. The van der Waals surface area contributed by atoms with Crippen LogP contribution in [0.25, 0.3) is 27.8 Å². The largest absolute Gasteiger partial charge is 0.365 e. The molecular weight excluding hydrogens is 341 g/mol. The molecule has 0 fully saturated rings. The first-order valence-corrected chi connectivity index (χ1v) is 8.67. The van der Waals surface area contributed by atoms with Crippen LogP contribution < -0.4 is 5.32 Å². The van der Waals surface area contributed by atoms with Crippen LogP contribution in [-0.4, -0.2) is 19.6 Å². The first-order valence-electron chi connectivity index (χ1n) is 8.67. The maximum absolute atomic E-state index is 13.0. The highest BCUT2D eigenvalue weighted by Crippen LogP contribution is 2.25. The fraction of sp³-hybridized carbons (Fsp3) is 0.0476. The van der Waals surface area contributed by atoms with Crippen molar-refractivity contribution in [1.82, 2.24) is 19.6 Å². The summed E-state index contributed by atoms with van der Waals surface area (Å²) < 4.78 is 14.9. The van der Waals surface area contributed by atoms with Crippen LogP contribution in [0.4, 0.5) is 10.2 Å². The molecule has 0 aliphatic rings. The molecule has 0 saturated heterocycles. The number of H-pyrrole nitrogens is 1. The molecule has 3 heterocycles. The second-order valence-electron chi connectivity index (χ2n) is 6.39. The van der Waals surface area contributed by atoms with E-state index in [0.717, 1.165) is 39.2 Å². The third-order valence-electron chi connectivity index (χ3n) is 4.60. The van der Waals surface area contributed by atoms with Crippen LogP contribution in [0.3, 0.4) is 0 Å². The molecule has 0 unspecified atom stereocenters. The Kier molecular flexibility index (Phi) is 3.60. The molecule has 132 valence electrons. The number of benzene rings is 2. The number of aromatic nitrogens is 4. The molecule has 0 aliphatic heterocycles. The Bertz CT molecular complexity index is 1240. The van der Waals surface area contributed by atoms with Gasteiger partial charge < -0.3 is 10.3 Å². The van der Waals surface area contributed by atoms with E-state index >= 15 is 0 Å². The zero-order chi connectivity index (χ0) is 18.2. The van der Waals surface area contributed by atoms with Gasteiger partial charge in [-0.15, -0.1) is 5.10 Å². The topological polar surface area (TPSA) is 58.0 Å². The van der Waals surface area contributed by atoms with E-state index in [-0.39, 0.29) is 5.82 Å². The van der Waals surface area contributed by atoms with E-state index in [1.54, 1.807) is 12.1 Å². The molecule has 0 radical (unpaired) electrons. The molecule has 2 N–H and O–H groups in total. The summed E-state index contributed by atoms with van der Waals surface area (Å²) in [5, 5.41) is 9.10. The molecule has 3 aromatic heterocycles.